The van der Waals surface area contributed by atoms with Crippen LogP contribution in [0.25, 0.3) is 0 Å². The lowest BCUT2D eigenvalue weighted by atomic mass is 9.84. The predicted molar refractivity (Wildman–Crippen MR) is 73.8 cm³/mol. The van der Waals surface area contributed by atoms with Crippen molar-refractivity contribution in [1.82, 2.24) is 5.32 Å². The summed E-state index contributed by atoms with van der Waals surface area (Å²) in [5.74, 6) is 0.00706. The summed E-state index contributed by atoms with van der Waals surface area (Å²) >= 11 is 3.54. The molecule has 17 heavy (non-hydrogen) atoms. The van der Waals surface area contributed by atoms with Crippen molar-refractivity contribution in [1.29, 1.82) is 0 Å². The van der Waals surface area contributed by atoms with Gasteiger partial charge in [0, 0.05) is 29.4 Å². The van der Waals surface area contributed by atoms with E-state index in [2.05, 4.69) is 41.2 Å². The van der Waals surface area contributed by atoms with Gasteiger partial charge < -0.3 is 11.1 Å². The van der Waals surface area contributed by atoms with Crippen LogP contribution in [0, 0.1) is 0 Å². The summed E-state index contributed by atoms with van der Waals surface area (Å²) in [6, 6.07) is 8.07. The molecule has 0 atom stereocenters. The third kappa shape index (κ3) is 4.13. The van der Waals surface area contributed by atoms with Crippen LogP contribution in [0.1, 0.15) is 25.8 Å². The molecule has 1 rings (SSSR count). The molecule has 0 spiro atoms. The zero-order valence-corrected chi connectivity index (χ0v) is 11.9. The van der Waals surface area contributed by atoms with E-state index in [-0.39, 0.29) is 11.3 Å². The first-order chi connectivity index (χ1) is 7.97. The molecule has 0 fully saturated rings. The van der Waals surface area contributed by atoms with E-state index in [0.717, 1.165) is 4.47 Å². The van der Waals surface area contributed by atoms with Crippen molar-refractivity contribution < 1.29 is 4.79 Å². The molecule has 0 aliphatic rings. The number of rotatable bonds is 5. The van der Waals surface area contributed by atoms with Gasteiger partial charge in [-0.3, -0.25) is 4.79 Å². The normalized spacial score (nSPS) is 11.3. The van der Waals surface area contributed by atoms with Gasteiger partial charge in [-0.05, 0) is 11.6 Å². The Hall–Kier alpha value is -0.870. The van der Waals surface area contributed by atoms with Gasteiger partial charge in [0.05, 0.1) is 0 Å². The Balaban J connectivity index is 2.69. The van der Waals surface area contributed by atoms with Crippen molar-refractivity contribution in [2.75, 3.05) is 13.1 Å². The Morgan fingerprint density at radius 2 is 2.06 bits per heavy atom. The van der Waals surface area contributed by atoms with Crippen molar-refractivity contribution in [3.8, 4) is 0 Å². The van der Waals surface area contributed by atoms with Gasteiger partial charge in [0.1, 0.15) is 0 Å². The second-order valence-corrected chi connectivity index (χ2v) is 5.53. The summed E-state index contributed by atoms with van der Waals surface area (Å²) in [6.07, 6.45) is 0.381. The molecular formula is C13H19BrN2O. The first-order valence-corrected chi connectivity index (χ1v) is 6.48. The second-order valence-electron chi connectivity index (χ2n) is 4.68. The SMILES string of the molecule is CC(C)(CNC(=O)CCN)c1ccccc1Br. The van der Waals surface area contributed by atoms with Gasteiger partial charge in [-0.15, -0.1) is 0 Å². The van der Waals surface area contributed by atoms with Crippen LogP contribution in [-0.2, 0) is 10.2 Å². The third-order valence-electron chi connectivity index (χ3n) is 2.70. The Labute approximate surface area is 111 Å². The smallest absolute Gasteiger partial charge is 0.221 e. The summed E-state index contributed by atoms with van der Waals surface area (Å²) in [5.41, 5.74) is 6.42. The van der Waals surface area contributed by atoms with Gasteiger partial charge in [-0.2, -0.15) is 0 Å². The molecule has 0 radical (unpaired) electrons. The fourth-order valence-corrected chi connectivity index (χ4v) is 2.47. The number of carbonyl (C=O) groups excluding carboxylic acids is 1. The van der Waals surface area contributed by atoms with Crippen molar-refractivity contribution >= 4 is 21.8 Å². The Morgan fingerprint density at radius 3 is 2.65 bits per heavy atom. The summed E-state index contributed by atoms with van der Waals surface area (Å²) in [5, 5.41) is 2.91. The molecule has 0 bridgehead atoms. The highest BCUT2D eigenvalue weighted by molar-refractivity contribution is 9.10. The van der Waals surface area contributed by atoms with E-state index in [1.54, 1.807) is 0 Å². The topological polar surface area (TPSA) is 55.1 Å². The monoisotopic (exact) mass is 298 g/mol. The standard InChI is InChI=1S/C13H19BrN2O/c1-13(2,9-16-12(17)7-8-15)10-5-3-4-6-11(10)14/h3-6H,7-9,15H2,1-2H3,(H,16,17). The maximum atomic E-state index is 11.4. The molecule has 1 amide bonds. The van der Waals surface area contributed by atoms with Crippen LogP contribution in [0.5, 0.6) is 0 Å². The van der Waals surface area contributed by atoms with Gasteiger partial charge in [0.25, 0.3) is 0 Å². The molecule has 3 nitrogen and oxygen atoms in total. The molecule has 0 aromatic heterocycles. The highest BCUT2D eigenvalue weighted by atomic mass is 79.9. The molecule has 4 heteroatoms. The van der Waals surface area contributed by atoms with E-state index in [1.165, 1.54) is 5.56 Å². The van der Waals surface area contributed by atoms with Crippen LogP contribution in [0.2, 0.25) is 0 Å². The van der Waals surface area contributed by atoms with E-state index >= 15 is 0 Å². The molecule has 0 saturated carbocycles. The predicted octanol–water partition coefficient (Wildman–Crippen LogP) is 2.19. The number of hydrogen-bond donors (Lipinski definition) is 2. The van der Waals surface area contributed by atoms with E-state index in [9.17, 15) is 4.79 Å². The number of carbonyl (C=O) groups is 1. The molecule has 3 N–H and O–H groups in total. The maximum absolute atomic E-state index is 11.4. The van der Waals surface area contributed by atoms with E-state index in [0.29, 0.717) is 19.5 Å². The average molecular weight is 299 g/mol. The van der Waals surface area contributed by atoms with E-state index in [4.69, 9.17) is 5.73 Å². The molecule has 1 aromatic carbocycles. The largest absolute Gasteiger partial charge is 0.355 e. The third-order valence-corrected chi connectivity index (χ3v) is 3.39. The van der Waals surface area contributed by atoms with Crippen LogP contribution < -0.4 is 11.1 Å². The van der Waals surface area contributed by atoms with E-state index in [1.807, 2.05) is 18.2 Å². The molecule has 0 unspecified atom stereocenters. The second kappa shape index (κ2) is 6.17. The molecule has 94 valence electrons. The molecule has 0 aliphatic heterocycles. The first-order valence-electron chi connectivity index (χ1n) is 5.69. The highest BCUT2D eigenvalue weighted by Crippen LogP contribution is 2.29. The van der Waals surface area contributed by atoms with Crippen molar-refractivity contribution in [2.24, 2.45) is 5.73 Å². The number of hydrogen-bond acceptors (Lipinski definition) is 2. The van der Waals surface area contributed by atoms with Gasteiger partial charge >= 0.3 is 0 Å². The fourth-order valence-electron chi connectivity index (χ4n) is 1.64. The highest BCUT2D eigenvalue weighted by Gasteiger charge is 2.23. The number of nitrogens with two attached hydrogens (primary N) is 1. The molecule has 0 aliphatic carbocycles. The minimum absolute atomic E-state index is 0.00706. The lowest BCUT2D eigenvalue weighted by molar-refractivity contribution is -0.121. The average Bonchev–Trinajstić information content (AvgIpc) is 2.27. The number of nitrogens with one attached hydrogen (secondary N) is 1. The minimum Gasteiger partial charge on any atom is -0.355 e. The number of amides is 1. The fraction of sp³-hybridized carbons (Fsp3) is 0.462. The molecule has 1 aromatic rings. The zero-order chi connectivity index (χ0) is 12.9. The molecule has 0 heterocycles. The van der Waals surface area contributed by atoms with Gasteiger partial charge in [-0.1, -0.05) is 48.0 Å². The molecule has 0 saturated heterocycles. The summed E-state index contributed by atoms with van der Waals surface area (Å²) in [4.78, 5) is 11.4. The first kappa shape index (κ1) is 14.2. The summed E-state index contributed by atoms with van der Waals surface area (Å²) in [6.45, 7) is 5.21. The van der Waals surface area contributed by atoms with Crippen LogP contribution in [0.15, 0.2) is 28.7 Å². The van der Waals surface area contributed by atoms with Gasteiger partial charge in [0.2, 0.25) is 5.91 Å². The van der Waals surface area contributed by atoms with Gasteiger partial charge in [-0.25, -0.2) is 0 Å². The number of benzene rings is 1. The van der Waals surface area contributed by atoms with Gasteiger partial charge in [0.15, 0.2) is 0 Å². The van der Waals surface area contributed by atoms with Crippen LogP contribution in [0.4, 0.5) is 0 Å². The zero-order valence-electron chi connectivity index (χ0n) is 10.3. The van der Waals surface area contributed by atoms with Crippen LogP contribution in [0.3, 0.4) is 0 Å². The summed E-state index contributed by atoms with van der Waals surface area (Å²) in [7, 11) is 0. The van der Waals surface area contributed by atoms with Crippen LogP contribution >= 0.6 is 15.9 Å². The van der Waals surface area contributed by atoms with Crippen molar-refractivity contribution in [2.45, 2.75) is 25.7 Å². The van der Waals surface area contributed by atoms with Crippen molar-refractivity contribution in [3.63, 3.8) is 0 Å². The Bertz CT molecular complexity index is 391. The number of halogens is 1. The molecular weight excluding hydrogens is 280 g/mol. The maximum Gasteiger partial charge on any atom is 0.221 e. The summed E-state index contributed by atoms with van der Waals surface area (Å²) < 4.78 is 1.07. The van der Waals surface area contributed by atoms with E-state index < -0.39 is 0 Å². The lowest BCUT2D eigenvalue weighted by Crippen LogP contribution is -2.37. The minimum atomic E-state index is -0.107. The Morgan fingerprint density at radius 1 is 1.41 bits per heavy atom. The van der Waals surface area contributed by atoms with Crippen molar-refractivity contribution in [3.05, 3.63) is 34.3 Å². The Kier molecular flexibility index (Phi) is 5.15. The quantitative estimate of drug-likeness (QED) is 0.875. The van der Waals surface area contributed by atoms with Crippen LogP contribution in [-0.4, -0.2) is 19.0 Å². The lowest BCUT2D eigenvalue weighted by Gasteiger charge is -2.26.